The van der Waals surface area contributed by atoms with Crippen LogP contribution in [0.5, 0.6) is 5.75 Å². The zero-order chi connectivity index (χ0) is 24.0. The Morgan fingerprint density at radius 1 is 1.03 bits per heavy atom. The van der Waals surface area contributed by atoms with Gasteiger partial charge < -0.3 is 15.0 Å². The maximum atomic E-state index is 13.2. The molecular formula is C26H32Cl2N2O3. The highest BCUT2D eigenvalue weighted by Gasteiger charge is 2.28. The van der Waals surface area contributed by atoms with Crippen LogP contribution < -0.4 is 10.1 Å². The summed E-state index contributed by atoms with van der Waals surface area (Å²) >= 11 is 12.2. The fourth-order valence-electron chi connectivity index (χ4n) is 4.02. The van der Waals surface area contributed by atoms with Crippen LogP contribution in [0.25, 0.3) is 0 Å². The Morgan fingerprint density at radius 2 is 1.76 bits per heavy atom. The number of rotatable bonds is 8. The first-order chi connectivity index (χ1) is 15.7. The second kappa shape index (κ2) is 11.8. The van der Waals surface area contributed by atoms with Crippen LogP contribution in [0.3, 0.4) is 0 Å². The third kappa shape index (κ3) is 7.12. The van der Waals surface area contributed by atoms with Crippen molar-refractivity contribution in [3.05, 3.63) is 63.1 Å². The van der Waals surface area contributed by atoms with E-state index in [1.54, 1.807) is 24.0 Å². The van der Waals surface area contributed by atoms with E-state index in [4.69, 9.17) is 27.9 Å². The molecule has 0 radical (unpaired) electrons. The predicted octanol–water partition coefficient (Wildman–Crippen LogP) is 5.86. The number of benzene rings is 2. The van der Waals surface area contributed by atoms with Gasteiger partial charge in [0.2, 0.25) is 5.91 Å². The lowest BCUT2D eigenvalue weighted by Crippen LogP contribution is -2.51. The number of carbonyl (C=O) groups excluding carboxylic acids is 2. The molecule has 7 heteroatoms. The number of carbonyl (C=O) groups is 2. The number of nitrogens with one attached hydrogen (secondary N) is 1. The van der Waals surface area contributed by atoms with E-state index >= 15 is 0 Å². The Morgan fingerprint density at radius 3 is 2.42 bits per heavy atom. The zero-order valence-electron chi connectivity index (χ0n) is 19.5. The molecule has 2 amide bonds. The van der Waals surface area contributed by atoms with Crippen molar-refractivity contribution in [2.24, 2.45) is 0 Å². The van der Waals surface area contributed by atoms with Crippen molar-refractivity contribution in [2.75, 3.05) is 6.61 Å². The van der Waals surface area contributed by atoms with E-state index in [1.807, 2.05) is 38.1 Å². The minimum absolute atomic E-state index is 0.151. The standard InChI is InChI=1S/C26H32Cl2N2O3/c1-17-9-11-22(13-18(17)2)33-16-25(31)30(15-20-10-12-23(27)24(28)14-20)19(3)26(32)29-21-7-5-4-6-8-21/h9-14,19,21H,4-8,15-16H2,1-3H3,(H,29,32). The topological polar surface area (TPSA) is 58.6 Å². The monoisotopic (exact) mass is 490 g/mol. The van der Waals surface area contributed by atoms with Crippen molar-refractivity contribution in [1.82, 2.24) is 10.2 Å². The Labute approximate surface area is 206 Å². The number of nitrogens with zero attached hydrogens (tertiary/aromatic N) is 1. The van der Waals surface area contributed by atoms with Crippen LogP contribution in [0.4, 0.5) is 0 Å². The highest BCUT2D eigenvalue weighted by Crippen LogP contribution is 2.24. The molecule has 0 aromatic heterocycles. The molecule has 0 saturated heterocycles. The average Bonchev–Trinajstić information content (AvgIpc) is 2.80. The number of halogens is 2. The van der Waals surface area contributed by atoms with Crippen LogP contribution in [0.15, 0.2) is 36.4 Å². The first-order valence-corrected chi connectivity index (χ1v) is 12.2. The van der Waals surface area contributed by atoms with Crippen molar-refractivity contribution >= 4 is 35.0 Å². The van der Waals surface area contributed by atoms with E-state index in [0.717, 1.165) is 42.4 Å². The fraction of sp³-hybridized carbons (Fsp3) is 0.462. The number of hydrogen-bond acceptors (Lipinski definition) is 3. The van der Waals surface area contributed by atoms with Crippen LogP contribution in [0.2, 0.25) is 10.0 Å². The normalized spacial score (nSPS) is 15.1. The second-order valence-electron chi connectivity index (χ2n) is 8.82. The Balaban J connectivity index is 1.73. The summed E-state index contributed by atoms with van der Waals surface area (Å²) < 4.78 is 5.77. The van der Waals surface area contributed by atoms with E-state index in [0.29, 0.717) is 15.8 Å². The Bertz CT molecular complexity index is 989. The highest BCUT2D eigenvalue weighted by molar-refractivity contribution is 6.42. The van der Waals surface area contributed by atoms with E-state index in [1.165, 1.54) is 6.42 Å². The van der Waals surface area contributed by atoms with E-state index in [2.05, 4.69) is 5.32 Å². The summed E-state index contributed by atoms with van der Waals surface area (Å²) in [7, 11) is 0. The SMILES string of the molecule is Cc1ccc(OCC(=O)N(Cc2ccc(Cl)c(Cl)c2)C(C)C(=O)NC2CCCCC2)cc1C. The molecule has 0 heterocycles. The van der Waals surface area contributed by atoms with Crippen LogP contribution in [-0.4, -0.2) is 35.4 Å². The van der Waals surface area contributed by atoms with Gasteiger partial charge in [0.1, 0.15) is 11.8 Å². The molecule has 2 aromatic rings. The molecule has 0 aliphatic heterocycles. The minimum atomic E-state index is -0.655. The van der Waals surface area contributed by atoms with Crippen molar-refractivity contribution in [1.29, 1.82) is 0 Å². The molecule has 1 atom stereocenters. The van der Waals surface area contributed by atoms with Gasteiger partial charge in [-0.05, 0) is 74.6 Å². The van der Waals surface area contributed by atoms with Crippen LogP contribution in [-0.2, 0) is 16.1 Å². The Hall–Kier alpha value is -2.24. The zero-order valence-corrected chi connectivity index (χ0v) is 21.0. The summed E-state index contributed by atoms with van der Waals surface area (Å²) in [5, 5.41) is 3.98. The fourth-order valence-corrected chi connectivity index (χ4v) is 4.34. The first-order valence-electron chi connectivity index (χ1n) is 11.5. The molecule has 1 aliphatic carbocycles. The first kappa shape index (κ1) is 25.4. The number of amides is 2. The molecule has 1 aliphatic rings. The van der Waals surface area contributed by atoms with Crippen LogP contribution in [0.1, 0.15) is 55.7 Å². The van der Waals surface area contributed by atoms with Gasteiger partial charge in [0.15, 0.2) is 6.61 Å². The molecule has 33 heavy (non-hydrogen) atoms. The van der Waals surface area contributed by atoms with Crippen LogP contribution in [0, 0.1) is 13.8 Å². The molecule has 1 saturated carbocycles. The van der Waals surface area contributed by atoms with Gasteiger partial charge in [-0.1, -0.05) is 54.6 Å². The number of hydrogen-bond donors (Lipinski definition) is 1. The molecule has 1 fully saturated rings. The van der Waals surface area contributed by atoms with Crippen molar-refractivity contribution < 1.29 is 14.3 Å². The van der Waals surface area contributed by atoms with Gasteiger partial charge in [-0.15, -0.1) is 0 Å². The molecule has 5 nitrogen and oxygen atoms in total. The van der Waals surface area contributed by atoms with Gasteiger partial charge in [-0.25, -0.2) is 0 Å². The van der Waals surface area contributed by atoms with E-state index in [9.17, 15) is 9.59 Å². The lowest BCUT2D eigenvalue weighted by molar-refractivity contribution is -0.142. The summed E-state index contributed by atoms with van der Waals surface area (Å²) in [6, 6.07) is 10.5. The third-order valence-electron chi connectivity index (χ3n) is 6.30. The summed E-state index contributed by atoms with van der Waals surface area (Å²) in [6.07, 6.45) is 5.41. The summed E-state index contributed by atoms with van der Waals surface area (Å²) in [5.74, 6) is 0.201. The third-order valence-corrected chi connectivity index (χ3v) is 7.04. The minimum Gasteiger partial charge on any atom is -0.484 e. The average molecular weight is 491 g/mol. The molecule has 3 rings (SSSR count). The van der Waals surface area contributed by atoms with E-state index < -0.39 is 6.04 Å². The number of aryl methyl sites for hydroxylation is 2. The maximum absolute atomic E-state index is 13.2. The maximum Gasteiger partial charge on any atom is 0.261 e. The van der Waals surface area contributed by atoms with E-state index in [-0.39, 0.29) is 31.0 Å². The van der Waals surface area contributed by atoms with Crippen molar-refractivity contribution in [3.8, 4) is 5.75 Å². The quantitative estimate of drug-likeness (QED) is 0.504. The van der Waals surface area contributed by atoms with Gasteiger partial charge >= 0.3 is 0 Å². The van der Waals surface area contributed by atoms with Crippen molar-refractivity contribution in [3.63, 3.8) is 0 Å². The molecule has 2 aromatic carbocycles. The lowest BCUT2D eigenvalue weighted by atomic mass is 9.95. The Kier molecular flexibility index (Phi) is 9.04. The molecule has 1 N–H and O–H groups in total. The van der Waals surface area contributed by atoms with Crippen LogP contribution >= 0.6 is 23.2 Å². The molecule has 0 bridgehead atoms. The second-order valence-corrected chi connectivity index (χ2v) is 9.64. The molecule has 178 valence electrons. The summed E-state index contributed by atoms with van der Waals surface area (Å²) in [5.41, 5.74) is 3.04. The van der Waals surface area contributed by atoms with Gasteiger partial charge in [-0.2, -0.15) is 0 Å². The van der Waals surface area contributed by atoms with Gasteiger partial charge in [0, 0.05) is 12.6 Å². The number of ether oxygens (including phenoxy) is 1. The van der Waals surface area contributed by atoms with Crippen molar-refractivity contribution in [2.45, 2.75) is 71.5 Å². The van der Waals surface area contributed by atoms with Gasteiger partial charge in [0.25, 0.3) is 5.91 Å². The smallest absolute Gasteiger partial charge is 0.261 e. The summed E-state index contributed by atoms with van der Waals surface area (Å²) in [6.45, 7) is 5.84. The molecule has 1 unspecified atom stereocenters. The highest BCUT2D eigenvalue weighted by atomic mass is 35.5. The summed E-state index contributed by atoms with van der Waals surface area (Å²) in [4.78, 5) is 27.8. The molecular weight excluding hydrogens is 459 g/mol. The predicted molar refractivity (Wildman–Crippen MR) is 133 cm³/mol. The van der Waals surface area contributed by atoms with Gasteiger partial charge in [-0.3, -0.25) is 9.59 Å². The molecule has 0 spiro atoms. The lowest BCUT2D eigenvalue weighted by Gasteiger charge is -2.31. The largest absolute Gasteiger partial charge is 0.484 e. The van der Waals surface area contributed by atoms with Gasteiger partial charge in [0.05, 0.1) is 10.0 Å².